The summed E-state index contributed by atoms with van der Waals surface area (Å²) in [5, 5.41) is 10.9. The smallest absolute Gasteiger partial charge is 0.115 e. The Morgan fingerprint density at radius 2 is 2.12 bits per heavy atom. The van der Waals surface area contributed by atoms with Crippen LogP contribution in [0.2, 0.25) is 5.02 Å². The summed E-state index contributed by atoms with van der Waals surface area (Å²) in [6, 6.07) is 5.61. The Bertz CT molecular complexity index is 509. The molecule has 0 saturated carbocycles. The van der Waals surface area contributed by atoms with Crippen LogP contribution in [0.25, 0.3) is 0 Å². The lowest BCUT2D eigenvalue weighted by Crippen LogP contribution is -1.99. The van der Waals surface area contributed by atoms with Gasteiger partial charge >= 0.3 is 0 Å². The van der Waals surface area contributed by atoms with Crippen molar-refractivity contribution in [2.45, 2.75) is 20.0 Å². The van der Waals surface area contributed by atoms with Crippen LogP contribution in [0.5, 0.6) is 0 Å². The van der Waals surface area contributed by atoms with Crippen molar-refractivity contribution in [2.24, 2.45) is 0 Å². The number of aromatic nitrogens is 1. The molecule has 0 bridgehead atoms. The van der Waals surface area contributed by atoms with Crippen LogP contribution < -0.4 is 0 Å². The van der Waals surface area contributed by atoms with E-state index in [4.69, 9.17) is 11.6 Å². The van der Waals surface area contributed by atoms with Gasteiger partial charge in [-0.2, -0.15) is 0 Å². The zero-order valence-electron chi connectivity index (χ0n) is 9.07. The third kappa shape index (κ3) is 2.12. The maximum Gasteiger partial charge on any atom is 0.115 e. The molecule has 0 aliphatic rings. The molecule has 1 heterocycles. The molecule has 2 aromatic rings. The lowest BCUT2D eigenvalue weighted by molar-refractivity contribution is 0.223. The van der Waals surface area contributed by atoms with Crippen molar-refractivity contribution in [1.29, 1.82) is 0 Å². The summed E-state index contributed by atoms with van der Waals surface area (Å²) in [5.41, 5.74) is 4.43. The van der Waals surface area contributed by atoms with E-state index in [1.54, 1.807) is 11.6 Å². The van der Waals surface area contributed by atoms with Crippen LogP contribution in [-0.2, 0) is 0 Å². The Morgan fingerprint density at radius 1 is 1.38 bits per heavy atom. The molecular weight excluding hydrogens is 242 g/mol. The van der Waals surface area contributed by atoms with Crippen molar-refractivity contribution >= 4 is 22.9 Å². The second-order valence-corrected chi connectivity index (χ2v) is 5.01. The van der Waals surface area contributed by atoms with Crippen molar-refractivity contribution < 1.29 is 5.11 Å². The number of hydrogen-bond donors (Lipinski definition) is 1. The zero-order chi connectivity index (χ0) is 11.7. The van der Waals surface area contributed by atoms with Gasteiger partial charge in [0.25, 0.3) is 0 Å². The van der Waals surface area contributed by atoms with Gasteiger partial charge < -0.3 is 5.11 Å². The molecule has 1 aromatic heterocycles. The van der Waals surface area contributed by atoms with Gasteiger partial charge in [0.05, 0.1) is 16.1 Å². The van der Waals surface area contributed by atoms with Crippen LogP contribution >= 0.6 is 22.9 Å². The van der Waals surface area contributed by atoms with Crippen LogP contribution in [0.3, 0.4) is 0 Å². The first kappa shape index (κ1) is 11.6. The number of hydrogen-bond acceptors (Lipinski definition) is 3. The molecule has 1 aromatic carbocycles. The first-order valence-electron chi connectivity index (χ1n) is 4.93. The fraction of sp³-hybridized carbons (Fsp3) is 0.250. The maximum absolute atomic E-state index is 10.2. The number of aliphatic hydroxyl groups excluding tert-OH is 1. The van der Waals surface area contributed by atoms with Gasteiger partial charge in [-0.3, -0.25) is 0 Å². The largest absolute Gasteiger partial charge is 0.383 e. The van der Waals surface area contributed by atoms with E-state index in [1.165, 1.54) is 11.3 Å². The molecule has 1 atom stereocenters. The number of benzene rings is 1. The molecule has 1 N–H and O–H groups in total. The van der Waals surface area contributed by atoms with E-state index in [0.717, 1.165) is 21.7 Å². The lowest BCUT2D eigenvalue weighted by atomic mass is 10.1. The van der Waals surface area contributed by atoms with E-state index in [9.17, 15) is 5.11 Å². The predicted molar refractivity (Wildman–Crippen MR) is 67.1 cm³/mol. The molecule has 0 fully saturated rings. The van der Waals surface area contributed by atoms with Gasteiger partial charge in [0.2, 0.25) is 0 Å². The molecule has 16 heavy (non-hydrogen) atoms. The van der Waals surface area contributed by atoms with Gasteiger partial charge in [-0.05, 0) is 31.0 Å². The Balaban J connectivity index is 2.38. The number of halogens is 1. The zero-order valence-corrected chi connectivity index (χ0v) is 10.6. The van der Waals surface area contributed by atoms with Gasteiger partial charge in [0.15, 0.2) is 0 Å². The quantitative estimate of drug-likeness (QED) is 0.889. The van der Waals surface area contributed by atoms with E-state index in [0.29, 0.717) is 5.02 Å². The monoisotopic (exact) mass is 253 g/mol. The molecule has 84 valence electrons. The van der Waals surface area contributed by atoms with Crippen LogP contribution in [-0.4, -0.2) is 10.1 Å². The SMILES string of the molecule is Cc1ccc(C(O)c2scnc2C)cc1Cl. The minimum Gasteiger partial charge on any atom is -0.383 e. The van der Waals surface area contributed by atoms with Crippen molar-refractivity contribution in [3.8, 4) is 0 Å². The average Bonchev–Trinajstić information content (AvgIpc) is 2.67. The molecule has 0 radical (unpaired) electrons. The number of aliphatic hydroxyl groups is 1. The maximum atomic E-state index is 10.2. The fourth-order valence-corrected chi connectivity index (χ4v) is 2.51. The highest BCUT2D eigenvalue weighted by molar-refractivity contribution is 7.09. The molecule has 0 saturated heterocycles. The van der Waals surface area contributed by atoms with Crippen LogP contribution in [0.4, 0.5) is 0 Å². The van der Waals surface area contributed by atoms with Crippen molar-refractivity contribution in [3.63, 3.8) is 0 Å². The Hall–Kier alpha value is -0.900. The van der Waals surface area contributed by atoms with Crippen LogP contribution in [0.15, 0.2) is 23.7 Å². The van der Waals surface area contributed by atoms with Gasteiger partial charge in [0, 0.05) is 5.02 Å². The topological polar surface area (TPSA) is 33.1 Å². The minimum absolute atomic E-state index is 0.634. The molecule has 1 unspecified atom stereocenters. The molecule has 0 aliphatic carbocycles. The van der Waals surface area contributed by atoms with Crippen LogP contribution in [0.1, 0.15) is 27.8 Å². The molecule has 2 nitrogen and oxygen atoms in total. The first-order chi connectivity index (χ1) is 7.59. The highest BCUT2D eigenvalue weighted by Crippen LogP contribution is 2.29. The Labute approximate surface area is 104 Å². The summed E-state index contributed by atoms with van der Waals surface area (Å²) in [6.45, 7) is 3.83. The van der Waals surface area contributed by atoms with Crippen LogP contribution in [0, 0.1) is 13.8 Å². The molecule has 4 heteroatoms. The summed E-state index contributed by atoms with van der Waals surface area (Å²) in [6.07, 6.45) is -0.634. The summed E-state index contributed by atoms with van der Waals surface area (Å²) in [5.74, 6) is 0. The van der Waals surface area contributed by atoms with E-state index < -0.39 is 6.10 Å². The van der Waals surface area contributed by atoms with E-state index >= 15 is 0 Å². The molecule has 0 amide bonds. The highest BCUT2D eigenvalue weighted by atomic mass is 35.5. The average molecular weight is 254 g/mol. The number of thiazole rings is 1. The number of aryl methyl sites for hydroxylation is 2. The molecule has 0 aliphatic heterocycles. The van der Waals surface area contributed by atoms with Gasteiger partial charge in [-0.15, -0.1) is 11.3 Å². The van der Waals surface area contributed by atoms with Gasteiger partial charge in [-0.1, -0.05) is 23.7 Å². The summed E-state index contributed by atoms with van der Waals surface area (Å²) in [4.78, 5) is 5.00. The highest BCUT2D eigenvalue weighted by Gasteiger charge is 2.15. The molecule has 0 spiro atoms. The van der Waals surface area contributed by atoms with E-state index in [1.807, 2.05) is 26.0 Å². The summed E-state index contributed by atoms with van der Waals surface area (Å²) < 4.78 is 0. The van der Waals surface area contributed by atoms with Crippen molar-refractivity contribution in [1.82, 2.24) is 4.98 Å². The predicted octanol–water partition coefficient (Wildman–Crippen LogP) is 3.50. The first-order valence-corrected chi connectivity index (χ1v) is 6.19. The van der Waals surface area contributed by atoms with Gasteiger partial charge in [-0.25, -0.2) is 4.98 Å². The summed E-state index contributed by atoms with van der Waals surface area (Å²) in [7, 11) is 0. The minimum atomic E-state index is -0.634. The van der Waals surface area contributed by atoms with E-state index in [2.05, 4.69) is 4.98 Å². The van der Waals surface area contributed by atoms with E-state index in [-0.39, 0.29) is 0 Å². The normalized spacial score (nSPS) is 12.8. The number of nitrogens with zero attached hydrogens (tertiary/aromatic N) is 1. The third-order valence-corrected chi connectivity index (χ3v) is 3.93. The standard InChI is InChI=1S/C12H12ClNOS/c1-7-3-4-9(5-10(7)13)11(15)12-8(2)14-6-16-12/h3-6,11,15H,1-2H3. The second kappa shape index (κ2) is 4.53. The lowest BCUT2D eigenvalue weighted by Gasteiger charge is -2.11. The van der Waals surface area contributed by atoms with Crippen molar-refractivity contribution in [2.75, 3.05) is 0 Å². The number of rotatable bonds is 2. The molecular formula is C12H12ClNOS. The summed E-state index contributed by atoms with van der Waals surface area (Å²) >= 11 is 7.49. The third-order valence-electron chi connectivity index (χ3n) is 2.54. The molecule has 2 rings (SSSR count). The van der Waals surface area contributed by atoms with Crippen molar-refractivity contribution in [3.05, 3.63) is 50.4 Å². The van der Waals surface area contributed by atoms with Gasteiger partial charge in [0.1, 0.15) is 6.10 Å². The Kier molecular flexibility index (Phi) is 3.28. The fourth-order valence-electron chi connectivity index (χ4n) is 1.50. The Morgan fingerprint density at radius 3 is 2.69 bits per heavy atom. The second-order valence-electron chi connectivity index (χ2n) is 3.71.